The molecule has 0 radical (unpaired) electrons. The van der Waals surface area contributed by atoms with Crippen LogP contribution in [0.4, 0.5) is 0 Å². The van der Waals surface area contributed by atoms with Gasteiger partial charge >= 0.3 is 5.97 Å². The minimum Gasteiger partial charge on any atom is -0.480 e. The van der Waals surface area contributed by atoms with Crippen molar-refractivity contribution in [3.8, 4) is 0 Å². The first-order valence-electron chi connectivity index (χ1n) is 5.40. The molecule has 14 heavy (non-hydrogen) atoms. The Hall–Kier alpha value is -0.570. The van der Waals surface area contributed by atoms with E-state index in [9.17, 15) is 4.79 Å². The third-order valence-electron chi connectivity index (χ3n) is 4.05. The summed E-state index contributed by atoms with van der Waals surface area (Å²) in [5.74, 6) is -0.849. The highest BCUT2D eigenvalue weighted by Crippen LogP contribution is 2.53. The molecular weight excluding hydrogens is 180 g/mol. The van der Waals surface area contributed by atoms with Crippen molar-refractivity contribution >= 4 is 5.97 Å². The van der Waals surface area contributed by atoms with E-state index in [1.165, 1.54) is 19.3 Å². The molecule has 3 nitrogen and oxygen atoms in total. The van der Waals surface area contributed by atoms with Crippen molar-refractivity contribution in [2.75, 3.05) is 6.61 Å². The minimum absolute atomic E-state index is 0.0872. The van der Waals surface area contributed by atoms with Crippen LogP contribution in [0.15, 0.2) is 0 Å². The van der Waals surface area contributed by atoms with Gasteiger partial charge in [0.05, 0.1) is 5.60 Å². The molecule has 2 bridgehead atoms. The van der Waals surface area contributed by atoms with Crippen LogP contribution in [-0.4, -0.2) is 23.3 Å². The number of carbonyl (C=O) groups is 1. The highest BCUT2D eigenvalue weighted by Gasteiger charge is 2.47. The van der Waals surface area contributed by atoms with E-state index in [0.29, 0.717) is 5.41 Å². The van der Waals surface area contributed by atoms with Gasteiger partial charge in [0, 0.05) is 0 Å². The third kappa shape index (κ3) is 1.78. The van der Waals surface area contributed by atoms with Crippen LogP contribution >= 0.6 is 0 Å². The van der Waals surface area contributed by atoms with E-state index >= 15 is 0 Å². The summed E-state index contributed by atoms with van der Waals surface area (Å²) in [6.07, 6.45) is 6.76. The first kappa shape index (κ1) is 9.97. The fourth-order valence-corrected chi connectivity index (χ4v) is 2.77. The Kier molecular flexibility index (Phi) is 2.30. The molecule has 80 valence electrons. The van der Waals surface area contributed by atoms with Gasteiger partial charge in [0.1, 0.15) is 6.61 Å². The summed E-state index contributed by atoms with van der Waals surface area (Å²) in [7, 11) is 0. The van der Waals surface area contributed by atoms with Crippen molar-refractivity contribution in [1.29, 1.82) is 0 Å². The Morgan fingerprint density at radius 3 is 2.14 bits per heavy atom. The zero-order valence-corrected chi connectivity index (χ0v) is 8.71. The van der Waals surface area contributed by atoms with E-state index in [-0.39, 0.29) is 12.2 Å². The highest BCUT2D eigenvalue weighted by molar-refractivity contribution is 5.68. The quantitative estimate of drug-likeness (QED) is 0.756. The normalized spacial score (nSPS) is 41.2. The lowest BCUT2D eigenvalue weighted by atomic mass is 9.59. The van der Waals surface area contributed by atoms with Crippen LogP contribution in [-0.2, 0) is 9.53 Å². The second-order valence-corrected chi connectivity index (χ2v) is 5.18. The zero-order chi connectivity index (χ0) is 10.2. The summed E-state index contributed by atoms with van der Waals surface area (Å²) in [6.45, 7) is 2.21. The zero-order valence-electron chi connectivity index (χ0n) is 8.71. The Labute approximate surface area is 84.4 Å². The first-order chi connectivity index (χ1) is 6.54. The van der Waals surface area contributed by atoms with Gasteiger partial charge < -0.3 is 9.84 Å². The van der Waals surface area contributed by atoms with Crippen LogP contribution in [0.5, 0.6) is 0 Å². The average Bonchev–Trinajstić information content (AvgIpc) is 2.17. The van der Waals surface area contributed by atoms with Crippen molar-refractivity contribution in [2.45, 2.75) is 51.0 Å². The smallest absolute Gasteiger partial charge is 0.329 e. The standard InChI is InChI=1S/C11H18O3/c1-10-2-5-11(6-3-10,7-4-10)14-8-9(12)13/h2-8H2,1H3,(H,12,13). The average molecular weight is 198 g/mol. The molecule has 0 unspecified atom stereocenters. The second kappa shape index (κ2) is 3.23. The first-order valence-corrected chi connectivity index (χ1v) is 5.40. The van der Waals surface area contributed by atoms with Crippen LogP contribution in [0.25, 0.3) is 0 Å². The monoisotopic (exact) mass is 198 g/mol. The van der Waals surface area contributed by atoms with Gasteiger partial charge in [-0.05, 0) is 43.9 Å². The van der Waals surface area contributed by atoms with E-state index in [4.69, 9.17) is 9.84 Å². The van der Waals surface area contributed by atoms with Gasteiger partial charge in [0.2, 0.25) is 0 Å². The molecule has 3 rings (SSSR count). The lowest BCUT2D eigenvalue weighted by molar-refractivity contribution is -0.164. The Morgan fingerprint density at radius 2 is 1.71 bits per heavy atom. The lowest BCUT2D eigenvalue weighted by Gasteiger charge is -2.51. The molecule has 0 aromatic rings. The molecule has 0 aliphatic heterocycles. The number of fused-ring (bicyclic) bond motifs is 3. The van der Waals surface area contributed by atoms with Gasteiger partial charge in [-0.3, -0.25) is 0 Å². The van der Waals surface area contributed by atoms with Crippen molar-refractivity contribution in [3.63, 3.8) is 0 Å². The van der Waals surface area contributed by atoms with Gasteiger partial charge in [-0.1, -0.05) is 6.92 Å². The highest BCUT2D eigenvalue weighted by atomic mass is 16.5. The molecule has 0 atom stereocenters. The van der Waals surface area contributed by atoms with Crippen molar-refractivity contribution in [1.82, 2.24) is 0 Å². The molecule has 1 N–H and O–H groups in total. The summed E-state index contributed by atoms with van der Waals surface area (Å²) >= 11 is 0. The molecule has 3 aliphatic carbocycles. The van der Waals surface area contributed by atoms with Gasteiger partial charge in [-0.25, -0.2) is 4.79 Å². The van der Waals surface area contributed by atoms with Gasteiger partial charge in [0.15, 0.2) is 0 Å². The maximum Gasteiger partial charge on any atom is 0.329 e. The van der Waals surface area contributed by atoms with E-state index < -0.39 is 5.97 Å². The number of rotatable bonds is 3. The molecule has 0 aromatic carbocycles. The summed E-state index contributed by atoms with van der Waals surface area (Å²) in [4.78, 5) is 10.5. The molecule has 0 saturated heterocycles. The number of ether oxygens (including phenoxy) is 1. The predicted molar refractivity (Wildman–Crippen MR) is 52.1 cm³/mol. The molecule has 3 fully saturated rings. The van der Waals surface area contributed by atoms with E-state index in [1.807, 2.05) is 0 Å². The van der Waals surface area contributed by atoms with Crippen molar-refractivity contribution < 1.29 is 14.6 Å². The number of carboxylic acid groups (broad SMARTS) is 1. The Bertz CT molecular complexity index is 222. The fourth-order valence-electron chi connectivity index (χ4n) is 2.77. The number of aliphatic carboxylic acids is 1. The van der Waals surface area contributed by atoms with Crippen LogP contribution in [0.2, 0.25) is 0 Å². The maximum absolute atomic E-state index is 10.5. The molecule has 3 aliphatic rings. The number of hydrogen-bond donors (Lipinski definition) is 1. The maximum atomic E-state index is 10.5. The Balaban J connectivity index is 1.95. The molecule has 0 heterocycles. The number of carboxylic acids is 1. The molecule has 0 aromatic heterocycles. The largest absolute Gasteiger partial charge is 0.480 e. The van der Waals surface area contributed by atoms with E-state index in [1.54, 1.807) is 0 Å². The van der Waals surface area contributed by atoms with Crippen LogP contribution in [0.1, 0.15) is 45.4 Å². The molecule has 0 amide bonds. The van der Waals surface area contributed by atoms with Crippen LogP contribution < -0.4 is 0 Å². The Morgan fingerprint density at radius 1 is 1.21 bits per heavy atom. The third-order valence-corrected chi connectivity index (χ3v) is 4.05. The summed E-state index contributed by atoms with van der Waals surface area (Å²) < 4.78 is 5.56. The molecule has 3 heteroatoms. The van der Waals surface area contributed by atoms with Gasteiger partial charge in [-0.2, -0.15) is 0 Å². The van der Waals surface area contributed by atoms with Gasteiger partial charge in [0.25, 0.3) is 0 Å². The fraction of sp³-hybridized carbons (Fsp3) is 0.909. The van der Waals surface area contributed by atoms with Crippen LogP contribution in [0, 0.1) is 5.41 Å². The van der Waals surface area contributed by atoms with Crippen LogP contribution in [0.3, 0.4) is 0 Å². The van der Waals surface area contributed by atoms with E-state index in [2.05, 4.69) is 6.92 Å². The van der Waals surface area contributed by atoms with Crippen molar-refractivity contribution in [2.24, 2.45) is 5.41 Å². The SMILES string of the molecule is CC12CCC(OCC(=O)O)(CC1)CC2. The van der Waals surface area contributed by atoms with E-state index in [0.717, 1.165) is 19.3 Å². The minimum atomic E-state index is -0.849. The molecule has 3 saturated carbocycles. The number of hydrogen-bond acceptors (Lipinski definition) is 2. The second-order valence-electron chi connectivity index (χ2n) is 5.18. The molecule has 0 spiro atoms. The van der Waals surface area contributed by atoms with Gasteiger partial charge in [-0.15, -0.1) is 0 Å². The summed E-state index contributed by atoms with van der Waals surface area (Å²) in [5.41, 5.74) is 0.435. The summed E-state index contributed by atoms with van der Waals surface area (Å²) in [6, 6.07) is 0. The summed E-state index contributed by atoms with van der Waals surface area (Å²) in [5, 5.41) is 8.59. The molecular formula is C11H18O3. The topological polar surface area (TPSA) is 46.5 Å². The lowest BCUT2D eigenvalue weighted by Crippen LogP contribution is -2.47. The predicted octanol–water partition coefficient (Wildman–Crippen LogP) is 2.20. The van der Waals surface area contributed by atoms with Crippen molar-refractivity contribution in [3.05, 3.63) is 0 Å².